The van der Waals surface area contributed by atoms with Crippen molar-refractivity contribution in [2.75, 3.05) is 44.3 Å². The van der Waals surface area contributed by atoms with Crippen molar-refractivity contribution in [3.63, 3.8) is 0 Å². The van der Waals surface area contributed by atoms with Crippen molar-refractivity contribution in [2.24, 2.45) is 4.40 Å². The van der Waals surface area contributed by atoms with Gasteiger partial charge in [-0.05, 0) is 25.0 Å². The van der Waals surface area contributed by atoms with Crippen LogP contribution in [0.15, 0.2) is 46.0 Å². The van der Waals surface area contributed by atoms with Crippen LogP contribution in [-0.2, 0) is 14.8 Å². The third-order valence-corrected chi connectivity index (χ3v) is 7.15. The van der Waals surface area contributed by atoms with Crippen molar-refractivity contribution in [2.45, 2.75) is 23.7 Å². The molecule has 0 saturated carbocycles. The van der Waals surface area contributed by atoms with Gasteiger partial charge in [0.2, 0.25) is 0 Å². The second-order valence-corrected chi connectivity index (χ2v) is 9.12. The van der Waals surface area contributed by atoms with Crippen LogP contribution in [0.1, 0.15) is 30.0 Å². The molecular formula is C20H23N5O3S. The van der Waals surface area contributed by atoms with Crippen LogP contribution >= 0.6 is 0 Å². The SMILES string of the molecule is O=S1(=O)N=C(N2CCN(c3cc(C4CCOCC4)ncn3)CC2)c2ccccc21. The van der Waals surface area contributed by atoms with Gasteiger partial charge >= 0.3 is 0 Å². The number of benzene rings is 1. The Labute approximate surface area is 170 Å². The standard InChI is InChI=1S/C20H23N5O3S/c26-29(27)18-4-2-1-3-16(18)20(23-29)25-9-7-24(8-10-25)19-13-17(21-14-22-19)15-5-11-28-12-6-15/h1-4,13-15H,5-12H2. The highest BCUT2D eigenvalue weighted by Crippen LogP contribution is 2.29. The van der Waals surface area contributed by atoms with E-state index in [4.69, 9.17) is 4.74 Å². The molecule has 0 atom stereocenters. The fraction of sp³-hybridized carbons (Fsp3) is 0.450. The van der Waals surface area contributed by atoms with E-state index in [2.05, 4.69) is 30.2 Å². The van der Waals surface area contributed by atoms with Crippen molar-refractivity contribution in [3.8, 4) is 0 Å². The molecule has 3 aliphatic heterocycles. The van der Waals surface area contributed by atoms with Crippen LogP contribution in [0.25, 0.3) is 0 Å². The molecule has 0 bridgehead atoms. The molecule has 0 N–H and O–H groups in total. The van der Waals surface area contributed by atoms with Crippen molar-refractivity contribution in [3.05, 3.63) is 47.9 Å². The zero-order chi connectivity index (χ0) is 19.8. The first-order chi connectivity index (χ1) is 14.1. The molecule has 8 nitrogen and oxygen atoms in total. The monoisotopic (exact) mass is 413 g/mol. The van der Waals surface area contributed by atoms with E-state index >= 15 is 0 Å². The topological polar surface area (TPSA) is 88.0 Å². The highest BCUT2D eigenvalue weighted by atomic mass is 32.2. The van der Waals surface area contributed by atoms with Gasteiger partial charge in [-0.2, -0.15) is 8.42 Å². The zero-order valence-corrected chi connectivity index (χ0v) is 16.9. The van der Waals surface area contributed by atoms with Crippen molar-refractivity contribution in [1.29, 1.82) is 0 Å². The van der Waals surface area contributed by atoms with Crippen molar-refractivity contribution < 1.29 is 13.2 Å². The third-order valence-electron chi connectivity index (χ3n) is 5.83. The molecule has 2 fully saturated rings. The Balaban J connectivity index is 1.30. The molecule has 3 aliphatic rings. The quantitative estimate of drug-likeness (QED) is 0.740. The van der Waals surface area contributed by atoms with Crippen LogP contribution < -0.4 is 4.90 Å². The van der Waals surface area contributed by atoms with Gasteiger partial charge in [-0.25, -0.2) is 9.97 Å². The summed E-state index contributed by atoms with van der Waals surface area (Å²) in [5.74, 6) is 1.93. The van der Waals surface area contributed by atoms with E-state index < -0.39 is 10.0 Å². The maximum atomic E-state index is 12.3. The second kappa shape index (κ2) is 7.38. The number of sulfonamides is 1. The van der Waals surface area contributed by atoms with Gasteiger partial charge in [-0.3, -0.25) is 0 Å². The average Bonchev–Trinajstić information content (AvgIpc) is 3.06. The first kappa shape index (κ1) is 18.5. The smallest absolute Gasteiger partial charge is 0.285 e. The molecule has 2 saturated heterocycles. The normalized spacial score (nSPS) is 21.7. The predicted octanol–water partition coefficient (Wildman–Crippen LogP) is 1.64. The van der Waals surface area contributed by atoms with Gasteiger partial charge in [0.25, 0.3) is 10.0 Å². The second-order valence-electron chi connectivity index (χ2n) is 7.55. The van der Waals surface area contributed by atoms with Crippen LogP contribution in [0.3, 0.4) is 0 Å². The number of aromatic nitrogens is 2. The Morgan fingerprint density at radius 1 is 0.966 bits per heavy atom. The number of hydrogen-bond donors (Lipinski definition) is 0. The van der Waals surface area contributed by atoms with Crippen molar-refractivity contribution >= 4 is 21.7 Å². The Hall–Kier alpha value is -2.52. The lowest BCUT2D eigenvalue weighted by Gasteiger charge is -2.36. The minimum absolute atomic E-state index is 0.300. The predicted molar refractivity (Wildman–Crippen MR) is 109 cm³/mol. The molecule has 0 spiro atoms. The molecule has 4 heterocycles. The van der Waals surface area contributed by atoms with E-state index in [1.54, 1.807) is 18.5 Å². The van der Waals surface area contributed by atoms with Gasteiger partial charge in [0.05, 0.1) is 0 Å². The van der Waals surface area contributed by atoms with Gasteiger partial charge < -0.3 is 14.5 Å². The lowest BCUT2D eigenvalue weighted by atomic mass is 9.96. The number of amidine groups is 1. The molecule has 152 valence electrons. The molecule has 0 amide bonds. The summed E-state index contributed by atoms with van der Waals surface area (Å²) in [6.45, 7) is 4.47. The summed E-state index contributed by atoms with van der Waals surface area (Å²) in [7, 11) is -3.59. The van der Waals surface area contributed by atoms with Crippen LogP contribution in [0.2, 0.25) is 0 Å². The fourth-order valence-electron chi connectivity index (χ4n) is 4.21. The Bertz CT molecular complexity index is 1040. The zero-order valence-electron chi connectivity index (χ0n) is 16.1. The van der Waals surface area contributed by atoms with E-state index in [1.807, 2.05) is 12.1 Å². The highest BCUT2D eigenvalue weighted by Gasteiger charge is 2.33. The summed E-state index contributed by atoms with van der Waals surface area (Å²) in [6, 6.07) is 9.13. The van der Waals surface area contributed by atoms with Crippen molar-refractivity contribution in [1.82, 2.24) is 14.9 Å². The number of anilines is 1. The fourth-order valence-corrected chi connectivity index (χ4v) is 5.44. The number of rotatable bonds is 2. The number of hydrogen-bond acceptors (Lipinski definition) is 7. The lowest BCUT2D eigenvalue weighted by molar-refractivity contribution is 0.0845. The first-order valence-electron chi connectivity index (χ1n) is 9.96. The molecule has 29 heavy (non-hydrogen) atoms. The molecule has 1 aromatic carbocycles. The van der Waals surface area contributed by atoms with Crippen LogP contribution in [-0.4, -0.2) is 68.5 Å². The van der Waals surface area contributed by atoms with E-state index in [1.165, 1.54) is 0 Å². The largest absolute Gasteiger partial charge is 0.381 e. The van der Waals surface area contributed by atoms with Gasteiger partial charge in [0, 0.05) is 62.6 Å². The first-order valence-corrected chi connectivity index (χ1v) is 11.4. The number of nitrogens with zero attached hydrogens (tertiary/aromatic N) is 5. The summed E-state index contributed by atoms with van der Waals surface area (Å²) >= 11 is 0. The minimum Gasteiger partial charge on any atom is -0.381 e. The van der Waals surface area contributed by atoms with Crippen LogP contribution in [0.4, 0.5) is 5.82 Å². The van der Waals surface area contributed by atoms with E-state index in [0.29, 0.717) is 35.3 Å². The van der Waals surface area contributed by atoms with E-state index in [-0.39, 0.29) is 0 Å². The Morgan fingerprint density at radius 3 is 2.48 bits per heavy atom. The summed E-state index contributed by atoms with van der Waals surface area (Å²) in [4.78, 5) is 13.6. The highest BCUT2D eigenvalue weighted by molar-refractivity contribution is 7.90. The van der Waals surface area contributed by atoms with Gasteiger partial charge in [0.15, 0.2) is 5.84 Å². The van der Waals surface area contributed by atoms with Crippen LogP contribution in [0, 0.1) is 0 Å². The average molecular weight is 414 g/mol. The molecule has 9 heteroatoms. The van der Waals surface area contributed by atoms with E-state index in [9.17, 15) is 8.42 Å². The van der Waals surface area contributed by atoms with Gasteiger partial charge in [-0.1, -0.05) is 12.1 Å². The Kier molecular flexibility index (Phi) is 4.71. The molecule has 0 aliphatic carbocycles. The summed E-state index contributed by atoms with van der Waals surface area (Å²) in [6.07, 6.45) is 3.65. The summed E-state index contributed by atoms with van der Waals surface area (Å²) in [5, 5.41) is 0. The molecule has 5 rings (SSSR count). The summed E-state index contributed by atoms with van der Waals surface area (Å²) in [5.41, 5.74) is 1.78. The maximum Gasteiger partial charge on any atom is 0.285 e. The maximum absolute atomic E-state index is 12.3. The lowest BCUT2D eigenvalue weighted by Crippen LogP contribution is -2.49. The van der Waals surface area contributed by atoms with Gasteiger partial charge in [0.1, 0.15) is 17.0 Å². The van der Waals surface area contributed by atoms with Gasteiger partial charge in [-0.15, -0.1) is 4.40 Å². The van der Waals surface area contributed by atoms with Crippen LogP contribution in [0.5, 0.6) is 0 Å². The van der Waals surface area contributed by atoms with E-state index in [0.717, 1.165) is 50.7 Å². The number of piperazine rings is 1. The molecule has 1 aromatic heterocycles. The third kappa shape index (κ3) is 3.49. The molecule has 0 unspecified atom stereocenters. The Morgan fingerprint density at radius 2 is 1.69 bits per heavy atom. The number of fused-ring (bicyclic) bond motifs is 1. The molecule has 0 radical (unpaired) electrons. The molecular weight excluding hydrogens is 390 g/mol. The minimum atomic E-state index is -3.59. The number of ether oxygens (including phenoxy) is 1. The molecule has 2 aromatic rings. The summed E-state index contributed by atoms with van der Waals surface area (Å²) < 4.78 is 34.2.